The monoisotopic (exact) mass is 261 g/mol. The van der Waals surface area contributed by atoms with Gasteiger partial charge in [0.15, 0.2) is 0 Å². The highest BCUT2D eigenvalue weighted by Gasteiger charge is 2.36. The molecule has 2 aliphatic carbocycles. The van der Waals surface area contributed by atoms with Crippen LogP contribution in [0.5, 0.6) is 0 Å². The first-order valence-corrected chi connectivity index (χ1v) is 7.93. The molecular formula is C17H27NO. The number of furan rings is 1. The quantitative estimate of drug-likeness (QED) is 0.873. The van der Waals surface area contributed by atoms with E-state index in [9.17, 15) is 0 Å². The van der Waals surface area contributed by atoms with E-state index in [0.717, 1.165) is 30.1 Å². The summed E-state index contributed by atoms with van der Waals surface area (Å²) in [6.45, 7) is 7.95. The molecule has 2 aliphatic rings. The van der Waals surface area contributed by atoms with E-state index in [1.165, 1.54) is 31.4 Å². The topological polar surface area (TPSA) is 25.2 Å². The largest absolute Gasteiger partial charge is 0.464 e. The third-order valence-corrected chi connectivity index (χ3v) is 4.90. The highest BCUT2D eigenvalue weighted by atomic mass is 16.3. The van der Waals surface area contributed by atoms with Crippen molar-refractivity contribution in [2.75, 3.05) is 0 Å². The van der Waals surface area contributed by atoms with E-state index < -0.39 is 0 Å². The van der Waals surface area contributed by atoms with Crippen molar-refractivity contribution in [3.8, 4) is 0 Å². The molecule has 1 heterocycles. The Morgan fingerprint density at radius 1 is 1.05 bits per heavy atom. The predicted molar refractivity (Wildman–Crippen MR) is 78.0 cm³/mol. The van der Waals surface area contributed by atoms with Gasteiger partial charge in [0.25, 0.3) is 0 Å². The fourth-order valence-electron chi connectivity index (χ4n) is 3.77. The van der Waals surface area contributed by atoms with Crippen molar-refractivity contribution >= 4 is 0 Å². The predicted octanol–water partition coefficient (Wildman–Crippen LogP) is 4.32. The Hall–Kier alpha value is -0.760. The molecule has 1 aromatic heterocycles. The van der Waals surface area contributed by atoms with E-state index >= 15 is 0 Å². The lowest BCUT2D eigenvalue weighted by Crippen LogP contribution is -2.35. The summed E-state index contributed by atoms with van der Waals surface area (Å²) in [7, 11) is 0. The van der Waals surface area contributed by atoms with Crippen LogP contribution in [0.4, 0.5) is 0 Å². The lowest BCUT2D eigenvalue weighted by molar-refractivity contribution is 0.234. The average Bonchev–Trinajstić information content (AvgIpc) is 2.89. The maximum Gasteiger partial charge on any atom is 0.117 e. The van der Waals surface area contributed by atoms with Crippen LogP contribution in [0.15, 0.2) is 16.5 Å². The minimum atomic E-state index is 0.673. The van der Waals surface area contributed by atoms with E-state index in [-0.39, 0.29) is 0 Å². The van der Waals surface area contributed by atoms with Crippen molar-refractivity contribution in [1.29, 1.82) is 0 Å². The molecule has 4 unspecified atom stereocenters. The Morgan fingerprint density at radius 2 is 1.74 bits per heavy atom. The lowest BCUT2D eigenvalue weighted by atomic mass is 9.80. The zero-order valence-corrected chi connectivity index (χ0v) is 12.5. The lowest BCUT2D eigenvalue weighted by Gasteiger charge is -2.31. The number of hydrogen-bond acceptors (Lipinski definition) is 2. The summed E-state index contributed by atoms with van der Waals surface area (Å²) in [6.07, 6.45) is 5.33. The fraction of sp³-hybridized carbons (Fsp3) is 0.765. The molecular weight excluding hydrogens is 234 g/mol. The highest BCUT2D eigenvalue weighted by Crippen LogP contribution is 2.47. The second-order valence-corrected chi connectivity index (χ2v) is 7.12. The van der Waals surface area contributed by atoms with Crippen LogP contribution in [0, 0.1) is 17.8 Å². The van der Waals surface area contributed by atoms with Crippen molar-refractivity contribution in [3.05, 3.63) is 23.7 Å². The summed E-state index contributed by atoms with van der Waals surface area (Å²) >= 11 is 0. The first kappa shape index (κ1) is 13.2. The highest BCUT2D eigenvalue weighted by molar-refractivity contribution is 5.17. The molecule has 3 rings (SSSR count). The minimum absolute atomic E-state index is 0.673. The van der Waals surface area contributed by atoms with Gasteiger partial charge < -0.3 is 9.73 Å². The molecule has 106 valence electrons. The third-order valence-electron chi connectivity index (χ3n) is 4.90. The van der Waals surface area contributed by atoms with Crippen LogP contribution < -0.4 is 5.32 Å². The van der Waals surface area contributed by atoms with E-state index in [1.54, 1.807) is 0 Å². The normalized spacial score (nSPS) is 38.4. The van der Waals surface area contributed by atoms with Crippen molar-refractivity contribution in [2.45, 2.75) is 65.0 Å². The molecule has 2 saturated carbocycles. The second-order valence-electron chi connectivity index (χ2n) is 7.12. The van der Waals surface area contributed by atoms with Gasteiger partial charge >= 0.3 is 0 Å². The van der Waals surface area contributed by atoms with Crippen LogP contribution in [-0.4, -0.2) is 6.04 Å². The Kier molecular flexibility index (Phi) is 3.70. The molecule has 2 fully saturated rings. The first-order valence-electron chi connectivity index (χ1n) is 7.93. The summed E-state index contributed by atoms with van der Waals surface area (Å²) in [5.41, 5.74) is 0. The maximum atomic E-state index is 5.96. The molecule has 0 aliphatic heterocycles. The minimum Gasteiger partial charge on any atom is -0.464 e. The van der Waals surface area contributed by atoms with E-state index in [0.29, 0.717) is 12.0 Å². The van der Waals surface area contributed by atoms with Gasteiger partial charge in [-0.1, -0.05) is 20.8 Å². The van der Waals surface area contributed by atoms with Gasteiger partial charge in [-0.3, -0.25) is 0 Å². The van der Waals surface area contributed by atoms with Gasteiger partial charge in [-0.15, -0.1) is 0 Å². The number of nitrogens with one attached hydrogen (secondary N) is 1. The standard InChI is InChI=1S/C17H27NO/c1-11-6-12(2)8-14(7-11)18-10-15-4-5-17(19-15)16-9-13(16)3/h4-5,11-14,16,18H,6-10H2,1-3H3. The maximum absolute atomic E-state index is 5.96. The first-order chi connectivity index (χ1) is 9.11. The summed E-state index contributed by atoms with van der Waals surface area (Å²) in [5, 5.41) is 3.69. The van der Waals surface area contributed by atoms with Gasteiger partial charge in [-0.05, 0) is 55.6 Å². The molecule has 1 aromatic rings. The summed E-state index contributed by atoms with van der Waals surface area (Å²) < 4.78 is 5.96. The van der Waals surface area contributed by atoms with Gasteiger partial charge in [-0.25, -0.2) is 0 Å². The molecule has 0 amide bonds. The van der Waals surface area contributed by atoms with Crippen molar-refractivity contribution in [3.63, 3.8) is 0 Å². The fourth-order valence-corrected chi connectivity index (χ4v) is 3.77. The van der Waals surface area contributed by atoms with Crippen LogP contribution in [0.25, 0.3) is 0 Å². The van der Waals surface area contributed by atoms with Crippen molar-refractivity contribution < 1.29 is 4.42 Å². The van der Waals surface area contributed by atoms with Gasteiger partial charge in [0, 0.05) is 12.0 Å². The third kappa shape index (κ3) is 3.22. The molecule has 2 nitrogen and oxygen atoms in total. The molecule has 0 bridgehead atoms. The molecule has 0 aromatic carbocycles. The molecule has 0 radical (unpaired) electrons. The summed E-state index contributed by atoms with van der Waals surface area (Å²) in [4.78, 5) is 0. The van der Waals surface area contributed by atoms with Crippen LogP contribution in [-0.2, 0) is 6.54 Å². The van der Waals surface area contributed by atoms with Crippen LogP contribution in [0.1, 0.15) is 63.9 Å². The molecule has 0 saturated heterocycles. The zero-order chi connectivity index (χ0) is 13.4. The molecule has 4 atom stereocenters. The Morgan fingerprint density at radius 3 is 2.37 bits per heavy atom. The summed E-state index contributed by atoms with van der Waals surface area (Å²) in [6, 6.07) is 5.01. The zero-order valence-electron chi connectivity index (χ0n) is 12.5. The average molecular weight is 261 g/mol. The van der Waals surface area contributed by atoms with Gasteiger partial charge in [-0.2, -0.15) is 0 Å². The summed E-state index contributed by atoms with van der Waals surface area (Å²) in [5.74, 6) is 5.56. The Bertz CT molecular complexity index is 415. The van der Waals surface area contributed by atoms with Gasteiger partial charge in [0.1, 0.15) is 11.5 Å². The molecule has 2 heteroatoms. The van der Waals surface area contributed by atoms with Crippen LogP contribution in [0.2, 0.25) is 0 Å². The Balaban J connectivity index is 1.50. The van der Waals surface area contributed by atoms with E-state index in [4.69, 9.17) is 4.42 Å². The number of hydrogen-bond donors (Lipinski definition) is 1. The second kappa shape index (κ2) is 5.32. The molecule has 19 heavy (non-hydrogen) atoms. The van der Waals surface area contributed by atoms with E-state index in [2.05, 4.69) is 38.2 Å². The SMILES string of the molecule is CC1CC(C)CC(NCc2ccc(C3CC3C)o2)C1. The van der Waals surface area contributed by atoms with Crippen molar-refractivity contribution in [1.82, 2.24) is 5.32 Å². The Labute approximate surface area is 117 Å². The number of rotatable bonds is 4. The van der Waals surface area contributed by atoms with Crippen LogP contribution >= 0.6 is 0 Å². The van der Waals surface area contributed by atoms with Gasteiger partial charge in [0.05, 0.1) is 6.54 Å². The van der Waals surface area contributed by atoms with Crippen molar-refractivity contribution in [2.24, 2.45) is 17.8 Å². The molecule has 0 spiro atoms. The van der Waals surface area contributed by atoms with Crippen LogP contribution in [0.3, 0.4) is 0 Å². The van der Waals surface area contributed by atoms with Gasteiger partial charge in [0.2, 0.25) is 0 Å². The molecule has 1 N–H and O–H groups in total. The smallest absolute Gasteiger partial charge is 0.117 e. The van der Waals surface area contributed by atoms with E-state index in [1.807, 2.05) is 0 Å².